The first-order valence-electron chi connectivity index (χ1n) is 6.38. The van der Waals surface area contributed by atoms with Crippen LogP contribution in [0.1, 0.15) is 39.3 Å². The van der Waals surface area contributed by atoms with E-state index < -0.39 is 10.8 Å². The van der Waals surface area contributed by atoms with Crippen LogP contribution in [-0.4, -0.2) is 15.5 Å². The first kappa shape index (κ1) is 14.2. The lowest BCUT2D eigenvalue weighted by atomic mass is 9.91. The van der Waals surface area contributed by atoms with E-state index in [0.29, 0.717) is 12.0 Å². The molecule has 1 aliphatic heterocycles. The van der Waals surface area contributed by atoms with Crippen LogP contribution in [-0.2, 0) is 10.8 Å². The molecule has 4 heteroatoms. The van der Waals surface area contributed by atoms with Crippen molar-refractivity contribution in [2.24, 2.45) is 5.92 Å². The topological polar surface area (TPSA) is 29.1 Å². The van der Waals surface area contributed by atoms with E-state index in [1.54, 1.807) is 0 Å². The van der Waals surface area contributed by atoms with Crippen molar-refractivity contribution < 1.29 is 4.21 Å². The summed E-state index contributed by atoms with van der Waals surface area (Å²) in [4.78, 5) is 0.988. The lowest BCUT2D eigenvalue weighted by Crippen LogP contribution is -2.41. The van der Waals surface area contributed by atoms with E-state index in [2.05, 4.69) is 55.0 Å². The Labute approximate surface area is 120 Å². The molecule has 100 valence electrons. The van der Waals surface area contributed by atoms with Gasteiger partial charge in [0.25, 0.3) is 0 Å². The maximum Gasteiger partial charge on any atom is 0.0564 e. The molecule has 1 aromatic carbocycles. The monoisotopic (exact) mass is 329 g/mol. The van der Waals surface area contributed by atoms with Crippen LogP contribution in [0, 0.1) is 5.92 Å². The normalized spacial score (nSPS) is 31.4. The zero-order chi connectivity index (χ0) is 13.4. The maximum atomic E-state index is 12.4. The van der Waals surface area contributed by atoms with Gasteiger partial charge in [0.2, 0.25) is 0 Å². The van der Waals surface area contributed by atoms with Gasteiger partial charge in [-0.25, -0.2) is 0 Å². The van der Waals surface area contributed by atoms with Crippen molar-refractivity contribution in [2.45, 2.75) is 49.9 Å². The van der Waals surface area contributed by atoms with E-state index >= 15 is 0 Å². The molecule has 0 saturated heterocycles. The fourth-order valence-electron chi connectivity index (χ4n) is 2.50. The predicted molar refractivity (Wildman–Crippen MR) is 80.2 cm³/mol. The number of hydrogen-bond acceptors (Lipinski definition) is 2. The van der Waals surface area contributed by atoms with Crippen molar-refractivity contribution in [3.8, 4) is 0 Å². The predicted octanol–water partition coefficient (Wildman–Crippen LogP) is 3.63. The third-order valence-electron chi connectivity index (χ3n) is 3.64. The van der Waals surface area contributed by atoms with Gasteiger partial charge in [-0.3, -0.25) is 4.21 Å². The molecule has 1 N–H and O–H groups in total. The number of hydrogen-bond donors (Lipinski definition) is 1. The Bertz CT molecular complexity index is 475. The minimum absolute atomic E-state index is 0.190. The molecule has 0 fully saturated rings. The molecule has 0 spiro atoms. The molecule has 18 heavy (non-hydrogen) atoms. The van der Waals surface area contributed by atoms with Crippen LogP contribution in [0.25, 0.3) is 0 Å². The first-order valence-corrected chi connectivity index (χ1v) is 8.38. The van der Waals surface area contributed by atoms with Gasteiger partial charge < -0.3 is 5.32 Å². The summed E-state index contributed by atoms with van der Waals surface area (Å²) >= 11 is 3.51. The van der Waals surface area contributed by atoms with E-state index in [1.807, 2.05) is 12.1 Å². The average Bonchev–Trinajstić information content (AvgIpc) is 2.31. The van der Waals surface area contributed by atoms with Crippen molar-refractivity contribution in [3.05, 3.63) is 28.2 Å². The van der Waals surface area contributed by atoms with Crippen molar-refractivity contribution >= 4 is 26.7 Å². The Kier molecular flexibility index (Phi) is 4.29. The number of halogens is 1. The van der Waals surface area contributed by atoms with Gasteiger partial charge in [-0.05, 0) is 29.7 Å². The number of rotatable bonds is 2. The standard InChI is InChI=1S/C14H20BrNOS/c1-8(2)16-14-9(3)10(4)18(17)13-6-5-11(15)7-12(13)14/h5-10,14,16H,1-4H3. The van der Waals surface area contributed by atoms with Gasteiger partial charge in [0.15, 0.2) is 0 Å². The van der Waals surface area contributed by atoms with Gasteiger partial charge in [-0.15, -0.1) is 0 Å². The molecule has 1 heterocycles. The maximum absolute atomic E-state index is 12.4. The average molecular weight is 330 g/mol. The molecule has 2 rings (SSSR count). The number of nitrogens with one attached hydrogen (secondary N) is 1. The second kappa shape index (κ2) is 5.43. The SMILES string of the molecule is CC(C)NC1c2cc(Br)ccc2S(=O)C(C)C1C. The van der Waals surface area contributed by atoms with Crippen LogP contribution >= 0.6 is 15.9 Å². The van der Waals surface area contributed by atoms with E-state index in [9.17, 15) is 4.21 Å². The molecule has 0 saturated carbocycles. The Hall–Kier alpha value is -0.190. The van der Waals surface area contributed by atoms with E-state index in [4.69, 9.17) is 0 Å². The number of fused-ring (bicyclic) bond motifs is 1. The van der Waals surface area contributed by atoms with Crippen molar-refractivity contribution in [3.63, 3.8) is 0 Å². The summed E-state index contributed by atoms with van der Waals surface area (Å²) < 4.78 is 13.5. The zero-order valence-corrected chi connectivity index (χ0v) is 13.6. The van der Waals surface area contributed by atoms with Crippen LogP contribution in [0.3, 0.4) is 0 Å². The molecule has 2 nitrogen and oxygen atoms in total. The van der Waals surface area contributed by atoms with E-state index in [1.165, 1.54) is 5.56 Å². The minimum atomic E-state index is -0.895. The summed E-state index contributed by atoms with van der Waals surface area (Å²) in [6, 6.07) is 6.78. The van der Waals surface area contributed by atoms with Gasteiger partial charge in [0.05, 0.1) is 10.8 Å². The van der Waals surface area contributed by atoms with Crippen molar-refractivity contribution in [2.75, 3.05) is 0 Å². The summed E-state index contributed by atoms with van der Waals surface area (Å²) in [5.41, 5.74) is 1.18. The molecular weight excluding hydrogens is 310 g/mol. The Morgan fingerprint density at radius 2 is 2.00 bits per heavy atom. The van der Waals surface area contributed by atoms with Crippen LogP contribution in [0.2, 0.25) is 0 Å². The molecule has 0 aromatic heterocycles. The summed E-state index contributed by atoms with van der Waals surface area (Å²) in [5.74, 6) is 0.370. The highest BCUT2D eigenvalue weighted by Gasteiger charge is 2.36. The van der Waals surface area contributed by atoms with Crippen LogP contribution < -0.4 is 5.32 Å². The Morgan fingerprint density at radius 3 is 2.61 bits per heavy atom. The van der Waals surface area contributed by atoms with Crippen molar-refractivity contribution in [1.82, 2.24) is 5.32 Å². The van der Waals surface area contributed by atoms with E-state index in [0.717, 1.165) is 9.37 Å². The third kappa shape index (κ3) is 2.56. The second-order valence-corrected chi connectivity index (χ2v) is 8.04. The van der Waals surface area contributed by atoms with Crippen molar-refractivity contribution in [1.29, 1.82) is 0 Å². The highest BCUT2D eigenvalue weighted by molar-refractivity contribution is 9.10. The summed E-state index contributed by atoms with van der Waals surface area (Å²) in [5, 5.41) is 3.80. The molecule has 4 unspecified atom stereocenters. The molecule has 1 aliphatic rings. The molecule has 4 atom stereocenters. The van der Waals surface area contributed by atoms with Gasteiger partial charge in [0.1, 0.15) is 0 Å². The quantitative estimate of drug-likeness (QED) is 0.897. The molecule has 0 bridgehead atoms. The van der Waals surface area contributed by atoms with Crippen LogP contribution in [0.5, 0.6) is 0 Å². The second-order valence-electron chi connectivity index (χ2n) is 5.34. The van der Waals surface area contributed by atoms with Crippen LogP contribution in [0.4, 0.5) is 0 Å². The summed E-state index contributed by atoms with van der Waals surface area (Å²) in [6.07, 6.45) is 0. The highest BCUT2D eigenvalue weighted by Crippen LogP contribution is 2.39. The molecule has 0 radical (unpaired) electrons. The Balaban J connectivity index is 2.50. The lowest BCUT2D eigenvalue weighted by molar-refractivity contribution is 0.343. The minimum Gasteiger partial charge on any atom is -0.307 e. The summed E-state index contributed by atoms with van der Waals surface area (Å²) in [7, 11) is -0.895. The molecular formula is C14H20BrNOS. The first-order chi connectivity index (χ1) is 8.41. The molecule has 0 amide bonds. The highest BCUT2D eigenvalue weighted by atomic mass is 79.9. The van der Waals surface area contributed by atoms with Gasteiger partial charge >= 0.3 is 0 Å². The third-order valence-corrected chi connectivity index (χ3v) is 6.04. The zero-order valence-electron chi connectivity index (χ0n) is 11.2. The number of benzene rings is 1. The molecule has 1 aromatic rings. The fraction of sp³-hybridized carbons (Fsp3) is 0.571. The van der Waals surface area contributed by atoms with E-state index in [-0.39, 0.29) is 11.3 Å². The smallest absolute Gasteiger partial charge is 0.0564 e. The molecule has 0 aliphatic carbocycles. The van der Waals surface area contributed by atoms with Gasteiger partial charge in [0, 0.05) is 26.7 Å². The van der Waals surface area contributed by atoms with Gasteiger partial charge in [-0.1, -0.05) is 43.6 Å². The largest absolute Gasteiger partial charge is 0.307 e. The Morgan fingerprint density at radius 1 is 1.33 bits per heavy atom. The summed E-state index contributed by atoms with van der Waals surface area (Å²) in [6.45, 7) is 8.58. The van der Waals surface area contributed by atoms with Gasteiger partial charge in [-0.2, -0.15) is 0 Å². The lowest BCUT2D eigenvalue weighted by Gasteiger charge is -2.37. The fourth-order valence-corrected chi connectivity index (χ4v) is 4.44. The van der Waals surface area contributed by atoms with Crippen LogP contribution in [0.15, 0.2) is 27.6 Å².